The van der Waals surface area contributed by atoms with Gasteiger partial charge in [-0.15, -0.1) is 0 Å². The Hall–Kier alpha value is -2.44. The van der Waals surface area contributed by atoms with E-state index in [1.54, 1.807) is 6.07 Å². The smallest absolute Gasteiger partial charge is 0.344 e. The lowest BCUT2D eigenvalue weighted by Gasteiger charge is -1.94. The number of carboxylic acids is 1. The Morgan fingerprint density at radius 1 is 1.62 bits per heavy atom. The Bertz CT molecular complexity index is 430. The van der Waals surface area contributed by atoms with Gasteiger partial charge < -0.3 is 9.94 Å². The number of hydrogen-bond acceptors (Lipinski definition) is 5. The van der Waals surface area contributed by atoms with Gasteiger partial charge in [-0.2, -0.15) is 0 Å². The molecule has 84 valence electrons. The number of hydrogen-bond donors (Lipinski definition) is 1. The van der Waals surface area contributed by atoms with Gasteiger partial charge in [0.25, 0.3) is 5.69 Å². The van der Waals surface area contributed by atoms with Crippen molar-refractivity contribution >= 4 is 17.9 Å². The van der Waals surface area contributed by atoms with Gasteiger partial charge in [0.1, 0.15) is 0 Å². The number of aliphatic carboxylic acids is 1. The van der Waals surface area contributed by atoms with Gasteiger partial charge in [-0.3, -0.25) is 10.1 Å². The minimum Gasteiger partial charge on any atom is -0.479 e. The lowest BCUT2D eigenvalue weighted by Crippen LogP contribution is -2.03. The van der Waals surface area contributed by atoms with Crippen LogP contribution < -0.4 is 0 Å². The number of nitro benzene ring substituents is 1. The summed E-state index contributed by atoms with van der Waals surface area (Å²) in [7, 11) is 0. The summed E-state index contributed by atoms with van der Waals surface area (Å²) in [4.78, 5) is 24.4. The first-order valence-corrected chi connectivity index (χ1v) is 4.21. The van der Waals surface area contributed by atoms with Gasteiger partial charge in [0.15, 0.2) is 0 Å². The molecule has 0 radical (unpaired) electrons. The summed E-state index contributed by atoms with van der Waals surface area (Å²) in [6, 6.07) is 5.72. The fraction of sp³-hybridized carbons (Fsp3) is 0.111. The van der Waals surface area contributed by atoms with E-state index in [-0.39, 0.29) is 5.69 Å². The fourth-order valence-electron chi connectivity index (χ4n) is 0.909. The Labute approximate surface area is 90.1 Å². The number of benzene rings is 1. The van der Waals surface area contributed by atoms with Gasteiger partial charge in [-0.1, -0.05) is 17.3 Å². The van der Waals surface area contributed by atoms with Gasteiger partial charge in [0.2, 0.25) is 6.61 Å². The standard InChI is InChI=1S/C9H8N2O5/c12-9(13)6-16-10-5-7-2-1-3-8(4-7)11(14)15/h1-5H,6H2,(H,12,13). The molecule has 0 unspecified atom stereocenters. The molecule has 0 spiro atoms. The van der Waals surface area contributed by atoms with Gasteiger partial charge in [-0.25, -0.2) is 4.79 Å². The van der Waals surface area contributed by atoms with Crippen LogP contribution in [0, 0.1) is 10.1 Å². The molecule has 1 aromatic rings. The van der Waals surface area contributed by atoms with Crippen LogP contribution in [0.2, 0.25) is 0 Å². The van der Waals surface area contributed by atoms with E-state index < -0.39 is 17.5 Å². The van der Waals surface area contributed by atoms with Crippen molar-refractivity contribution in [2.75, 3.05) is 6.61 Å². The fourth-order valence-corrected chi connectivity index (χ4v) is 0.909. The van der Waals surface area contributed by atoms with Crippen LogP contribution in [-0.2, 0) is 9.63 Å². The third kappa shape index (κ3) is 3.74. The van der Waals surface area contributed by atoms with Crippen LogP contribution in [0.1, 0.15) is 5.56 Å². The van der Waals surface area contributed by atoms with Gasteiger partial charge in [-0.05, 0) is 0 Å². The number of carbonyl (C=O) groups is 1. The van der Waals surface area contributed by atoms with Crippen molar-refractivity contribution in [3.63, 3.8) is 0 Å². The molecule has 0 heterocycles. The van der Waals surface area contributed by atoms with E-state index in [9.17, 15) is 14.9 Å². The largest absolute Gasteiger partial charge is 0.479 e. The zero-order valence-corrected chi connectivity index (χ0v) is 8.07. The molecular weight excluding hydrogens is 216 g/mol. The Kier molecular flexibility index (Phi) is 3.96. The number of rotatable bonds is 5. The molecular formula is C9H8N2O5. The highest BCUT2D eigenvalue weighted by molar-refractivity contribution is 5.80. The molecule has 16 heavy (non-hydrogen) atoms. The lowest BCUT2D eigenvalue weighted by molar-refractivity contribution is -0.384. The maximum absolute atomic E-state index is 10.4. The van der Waals surface area contributed by atoms with Crippen LogP contribution in [0.4, 0.5) is 5.69 Å². The summed E-state index contributed by atoms with van der Waals surface area (Å²) >= 11 is 0. The van der Waals surface area contributed by atoms with Crippen LogP contribution in [-0.4, -0.2) is 28.8 Å². The highest BCUT2D eigenvalue weighted by Gasteiger charge is 2.03. The van der Waals surface area contributed by atoms with E-state index in [2.05, 4.69) is 9.99 Å². The summed E-state index contributed by atoms with van der Waals surface area (Å²) in [5.74, 6) is -1.14. The molecule has 1 rings (SSSR count). The van der Waals surface area contributed by atoms with Gasteiger partial charge in [0.05, 0.1) is 11.1 Å². The number of nitro groups is 1. The summed E-state index contributed by atoms with van der Waals surface area (Å²) in [6.07, 6.45) is 1.20. The summed E-state index contributed by atoms with van der Waals surface area (Å²) in [5, 5.41) is 22.0. The molecule has 1 aromatic carbocycles. The van der Waals surface area contributed by atoms with Crippen molar-refractivity contribution in [2.24, 2.45) is 5.16 Å². The summed E-state index contributed by atoms with van der Waals surface area (Å²) < 4.78 is 0. The molecule has 7 nitrogen and oxygen atoms in total. The van der Waals surface area contributed by atoms with Crippen LogP contribution in [0.15, 0.2) is 29.4 Å². The second-order valence-corrected chi connectivity index (χ2v) is 2.75. The van der Waals surface area contributed by atoms with E-state index in [0.717, 1.165) is 0 Å². The Morgan fingerprint density at radius 2 is 2.38 bits per heavy atom. The average molecular weight is 224 g/mol. The van der Waals surface area contributed by atoms with Crippen LogP contribution in [0.25, 0.3) is 0 Å². The zero-order valence-electron chi connectivity index (χ0n) is 8.07. The number of nitrogens with zero attached hydrogens (tertiary/aromatic N) is 2. The van der Waals surface area contributed by atoms with Crippen molar-refractivity contribution in [1.29, 1.82) is 0 Å². The monoisotopic (exact) mass is 224 g/mol. The third-order valence-corrected chi connectivity index (χ3v) is 1.55. The highest BCUT2D eigenvalue weighted by atomic mass is 16.6. The molecule has 0 aliphatic heterocycles. The topological polar surface area (TPSA) is 102 Å². The second kappa shape index (κ2) is 5.44. The first-order valence-electron chi connectivity index (χ1n) is 4.21. The lowest BCUT2D eigenvalue weighted by atomic mass is 10.2. The Morgan fingerprint density at radius 3 is 3.00 bits per heavy atom. The molecule has 0 aromatic heterocycles. The number of carboxylic acid groups (broad SMARTS) is 1. The Balaban J connectivity index is 2.63. The molecule has 0 saturated carbocycles. The number of oxime groups is 1. The molecule has 0 saturated heterocycles. The third-order valence-electron chi connectivity index (χ3n) is 1.55. The van der Waals surface area contributed by atoms with Gasteiger partial charge >= 0.3 is 5.97 Å². The van der Waals surface area contributed by atoms with E-state index in [4.69, 9.17) is 5.11 Å². The quantitative estimate of drug-likeness (QED) is 0.457. The normalized spacial score (nSPS) is 10.2. The predicted octanol–water partition coefficient (Wildman–Crippen LogP) is 1.03. The maximum Gasteiger partial charge on any atom is 0.344 e. The molecule has 0 fully saturated rings. The van der Waals surface area contributed by atoms with Crippen molar-refractivity contribution in [1.82, 2.24) is 0 Å². The molecule has 0 amide bonds. The van der Waals surface area contributed by atoms with Crippen molar-refractivity contribution in [2.45, 2.75) is 0 Å². The first kappa shape index (κ1) is 11.6. The predicted molar refractivity (Wildman–Crippen MR) is 54.3 cm³/mol. The van der Waals surface area contributed by atoms with E-state index >= 15 is 0 Å². The van der Waals surface area contributed by atoms with Crippen molar-refractivity contribution in [3.05, 3.63) is 39.9 Å². The van der Waals surface area contributed by atoms with Gasteiger partial charge in [0, 0.05) is 17.7 Å². The zero-order chi connectivity index (χ0) is 12.0. The molecule has 7 heteroatoms. The molecule has 1 N–H and O–H groups in total. The highest BCUT2D eigenvalue weighted by Crippen LogP contribution is 2.11. The molecule has 0 atom stereocenters. The minimum absolute atomic E-state index is 0.0674. The van der Waals surface area contributed by atoms with Crippen molar-refractivity contribution < 1.29 is 19.7 Å². The van der Waals surface area contributed by atoms with E-state index in [0.29, 0.717) is 5.56 Å². The van der Waals surface area contributed by atoms with Crippen molar-refractivity contribution in [3.8, 4) is 0 Å². The minimum atomic E-state index is -1.14. The number of non-ortho nitro benzene ring substituents is 1. The SMILES string of the molecule is O=C(O)CON=Cc1cccc([N+](=O)[O-])c1. The molecule has 0 aliphatic rings. The molecule has 0 bridgehead atoms. The summed E-state index contributed by atoms with van der Waals surface area (Å²) in [6.45, 7) is -0.550. The van der Waals surface area contributed by atoms with E-state index in [1.165, 1.54) is 24.4 Å². The van der Waals surface area contributed by atoms with Crippen LogP contribution >= 0.6 is 0 Å². The second-order valence-electron chi connectivity index (χ2n) is 2.75. The first-order chi connectivity index (χ1) is 7.59. The summed E-state index contributed by atoms with van der Waals surface area (Å²) in [5.41, 5.74) is 0.391. The van der Waals surface area contributed by atoms with E-state index in [1.807, 2.05) is 0 Å². The molecule has 0 aliphatic carbocycles. The maximum atomic E-state index is 10.4. The van der Waals surface area contributed by atoms with Crippen LogP contribution in [0.3, 0.4) is 0 Å². The van der Waals surface area contributed by atoms with Crippen LogP contribution in [0.5, 0.6) is 0 Å². The average Bonchev–Trinajstić information content (AvgIpc) is 2.24.